The molecule has 3 aromatic rings. The number of benzene rings is 2. The average molecular weight is 507 g/mol. The van der Waals surface area contributed by atoms with E-state index in [1.807, 2.05) is 6.92 Å². The minimum absolute atomic E-state index is 0.00753. The maximum Gasteiger partial charge on any atom is 0.410 e. The van der Waals surface area contributed by atoms with Crippen LogP contribution in [-0.4, -0.2) is 44.4 Å². The van der Waals surface area contributed by atoms with Crippen molar-refractivity contribution < 1.29 is 19.4 Å². The summed E-state index contributed by atoms with van der Waals surface area (Å²) < 4.78 is 5.33. The van der Waals surface area contributed by atoms with Crippen LogP contribution in [0.4, 0.5) is 4.79 Å². The molecular formula is C29H38N4O4. The van der Waals surface area contributed by atoms with Gasteiger partial charge in [0.1, 0.15) is 5.60 Å². The molecule has 0 radical (unpaired) electrons. The number of aromatic nitrogens is 2. The minimum atomic E-state index is -1.10. The molecule has 0 saturated carbocycles. The Labute approximate surface area is 219 Å². The first kappa shape index (κ1) is 27.9. The molecule has 0 fully saturated rings. The van der Waals surface area contributed by atoms with Gasteiger partial charge in [-0.3, -0.25) is 5.10 Å². The lowest BCUT2D eigenvalue weighted by molar-refractivity contribution is 0.0206. The van der Waals surface area contributed by atoms with Crippen molar-refractivity contribution in [2.45, 2.75) is 71.7 Å². The first-order valence-corrected chi connectivity index (χ1v) is 12.6. The van der Waals surface area contributed by atoms with E-state index in [9.17, 15) is 9.59 Å². The van der Waals surface area contributed by atoms with Crippen molar-refractivity contribution in [1.29, 1.82) is 0 Å². The van der Waals surface area contributed by atoms with Crippen molar-refractivity contribution in [3.63, 3.8) is 0 Å². The third kappa shape index (κ3) is 7.67. The average Bonchev–Trinajstić information content (AvgIpc) is 3.29. The Morgan fingerprint density at radius 3 is 2.00 bits per heavy atom. The quantitative estimate of drug-likeness (QED) is 0.388. The van der Waals surface area contributed by atoms with Crippen molar-refractivity contribution in [1.82, 2.24) is 20.4 Å². The Hall–Kier alpha value is -3.65. The number of carboxylic acids is 1. The van der Waals surface area contributed by atoms with Crippen LogP contribution in [0.1, 0.15) is 92.4 Å². The number of carbonyl (C=O) groups is 2. The van der Waals surface area contributed by atoms with Gasteiger partial charge in [0.05, 0.1) is 6.54 Å². The zero-order valence-electron chi connectivity index (χ0n) is 22.5. The Morgan fingerprint density at radius 1 is 1.03 bits per heavy atom. The van der Waals surface area contributed by atoms with E-state index < -0.39 is 17.7 Å². The number of ether oxygens (including phenoxy) is 1. The summed E-state index contributed by atoms with van der Waals surface area (Å²) in [6.07, 6.45) is -0.437. The maximum absolute atomic E-state index is 12.1. The van der Waals surface area contributed by atoms with E-state index in [-0.39, 0.29) is 18.2 Å². The fraction of sp³-hybridized carbons (Fsp3) is 0.414. The number of hydrogen-bond donors (Lipinski definition) is 3. The Morgan fingerprint density at radius 2 is 1.54 bits per heavy atom. The number of hydrogen-bond acceptors (Lipinski definition) is 5. The van der Waals surface area contributed by atoms with Crippen LogP contribution < -0.4 is 5.32 Å². The van der Waals surface area contributed by atoms with E-state index in [0.29, 0.717) is 24.2 Å². The van der Waals surface area contributed by atoms with Crippen LogP contribution >= 0.6 is 0 Å². The molecule has 2 aromatic carbocycles. The highest BCUT2D eigenvalue weighted by molar-refractivity contribution is 5.87. The molecule has 8 heteroatoms. The lowest BCUT2D eigenvalue weighted by Crippen LogP contribution is -2.41. The van der Waals surface area contributed by atoms with Crippen molar-refractivity contribution in [3.8, 4) is 0 Å². The summed E-state index contributed by atoms with van der Waals surface area (Å²) in [6.45, 7) is 12.4. The molecule has 0 unspecified atom stereocenters. The summed E-state index contributed by atoms with van der Waals surface area (Å²) in [4.78, 5) is 24.7. The van der Waals surface area contributed by atoms with E-state index in [1.54, 1.807) is 20.8 Å². The number of rotatable bonds is 5. The second-order valence-electron chi connectivity index (χ2n) is 10.5. The van der Waals surface area contributed by atoms with Gasteiger partial charge in [-0.25, -0.2) is 9.59 Å². The van der Waals surface area contributed by atoms with Gasteiger partial charge in [0.25, 0.3) is 0 Å². The molecule has 3 atom stereocenters. The predicted molar refractivity (Wildman–Crippen MR) is 143 cm³/mol. The number of H-pyrrole nitrogens is 1. The van der Waals surface area contributed by atoms with Gasteiger partial charge in [-0.15, -0.1) is 0 Å². The molecular weight excluding hydrogens is 468 g/mol. The van der Waals surface area contributed by atoms with E-state index in [4.69, 9.17) is 9.84 Å². The molecule has 1 aliphatic rings. The number of amides is 1. The van der Waals surface area contributed by atoms with Crippen LogP contribution in [0, 0.1) is 0 Å². The highest BCUT2D eigenvalue weighted by Crippen LogP contribution is 2.29. The van der Waals surface area contributed by atoms with Crippen LogP contribution in [0.3, 0.4) is 0 Å². The van der Waals surface area contributed by atoms with E-state index in [1.165, 1.54) is 16.0 Å². The third-order valence-electron chi connectivity index (χ3n) is 6.19. The zero-order chi connectivity index (χ0) is 27.2. The van der Waals surface area contributed by atoms with Crippen molar-refractivity contribution in [2.24, 2.45) is 0 Å². The fourth-order valence-corrected chi connectivity index (χ4v) is 4.32. The molecule has 1 aliphatic heterocycles. The SMILES string of the molecule is C[C@@H](N[C@H](C)c1ccccc1)c1ccccc1.C[C@H]1CN(C(=O)OC(C)(C)C)Cc2c(C(=O)O)n[nH]c21. The summed E-state index contributed by atoms with van der Waals surface area (Å²) in [5, 5.41) is 19.3. The van der Waals surface area contributed by atoms with Crippen LogP contribution in [0.5, 0.6) is 0 Å². The molecule has 0 spiro atoms. The van der Waals surface area contributed by atoms with E-state index in [2.05, 4.69) is 90.0 Å². The fourth-order valence-electron chi connectivity index (χ4n) is 4.32. The van der Waals surface area contributed by atoms with Crippen LogP contribution in [0.25, 0.3) is 0 Å². The molecule has 1 amide bonds. The molecule has 3 N–H and O–H groups in total. The summed E-state index contributed by atoms with van der Waals surface area (Å²) in [5.74, 6) is -1.10. The molecule has 198 valence electrons. The van der Waals surface area contributed by atoms with Gasteiger partial charge in [0.15, 0.2) is 5.69 Å². The van der Waals surface area contributed by atoms with Crippen molar-refractivity contribution in [3.05, 3.63) is 88.7 Å². The van der Waals surface area contributed by atoms with Crippen molar-refractivity contribution in [2.75, 3.05) is 6.54 Å². The number of fused-ring (bicyclic) bond motifs is 1. The van der Waals surface area contributed by atoms with Crippen LogP contribution in [0.2, 0.25) is 0 Å². The number of aromatic carboxylic acids is 1. The second-order valence-corrected chi connectivity index (χ2v) is 10.5. The summed E-state index contributed by atoms with van der Waals surface area (Å²) in [7, 11) is 0. The highest BCUT2D eigenvalue weighted by atomic mass is 16.6. The molecule has 8 nitrogen and oxygen atoms in total. The summed E-state index contributed by atoms with van der Waals surface area (Å²) >= 11 is 0. The zero-order valence-corrected chi connectivity index (χ0v) is 22.5. The molecule has 4 rings (SSSR count). The van der Waals surface area contributed by atoms with Gasteiger partial charge in [-0.05, 0) is 45.7 Å². The van der Waals surface area contributed by atoms with Gasteiger partial charge in [-0.1, -0.05) is 67.6 Å². The second kappa shape index (κ2) is 12.1. The van der Waals surface area contributed by atoms with Gasteiger partial charge < -0.3 is 20.1 Å². The van der Waals surface area contributed by atoms with Gasteiger partial charge in [0, 0.05) is 35.8 Å². The number of carbonyl (C=O) groups excluding carboxylic acids is 1. The third-order valence-corrected chi connectivity index (χ3v) is 6.19. The lowest BCUT2D eigenvalue weighted by atomic mass is 9.97. The molecule has 0 bridgehead atoms. The van der Waals surface area contributed by atoms with E-state index in [0.717, 1.165) is 5.69 Å². The van der Waals surface area contributed by atoms with Gasteiger partial charge in [0.2, 0.25) is 0 Å². The van der Waals surface area contributed by atoms with Gasteiger partial charge >= 0.3 is 12.1 Å². The molecule has 37 heavy (non-hydrogen) atoms. The minimum Gasteiger partial charge on any atom is -0.476 e. The normalized spacial score (nSPS) is 16.6. The number of aromatic amines is 1. The highest BCUT2D eigenvalue weighted by Gasteiger charge is 2.33. The largest absolute Gasteiger partial charge is 0.476 e. The Kier molecular flexibility index (Phi) is 9.10. The molecule has 0 saturated heterocycles. The topological polar surface area (TPSA) is 108 Å². The smallest absolute Gasteiger partial charge is 0.410 e. The lowest BCUT2D eigenvalue weighted by Gasteiger charge is -2.32. The number of carboxylic acid groups (broad SMARTS) is 1. The Bertz CT molecular complexity index is 1130. The standard InChI is InChI=1S/C16H19N.C13H19N3O4/c1-13(15-9-5-3-6-10-15)17-14(2)16-11-7-4-8-12-16;1-7-5-16(12(19)20-13(2,3)4)6-8-9(7)14-15-10(8)11(17)18/h3-14,17H,1-2H3;7H,5-6H2,1-4H3,(H,14,15)(H,17,18)/t13-,14-;7-/m10/s1. The molecule has 2 heterocycles. The number of nitrogens with zero attached hydrogens (tertiary/aromatic N) is 2. The van der Waals surface area contributed by atoms with Crippen molar-refractivity contribution >= 4 is 12.1 Å². The van der Waals surface area contributed by atoms with E-state index >= 15 is 0 Å². The van der Waals surface area contributed by atoms with Crippen LogP contribution in [0.15, 0.2) is 60.7 Å². The first-order chi connectivity index (χ1) is 17.5. The number of nitrogens with one attached hydrogen (secondary N) is 2. The van der Waals surface area contributed by atoms with Crippen LogP contribution in [-0.2, 0) is 11.3 Å². The molecule has 0 aliphatic carbocycles. The van der Waals surface area contributed by atoms with Gasteiger partial charge in [-0.2, -0.15) is 5.10 Å². The molecule has 1 aromatic heterocycles. The maximum atomic E-state index is 12.1. The summed E-state index contributed by atoms with van der Waals surface area (Å²) in [6, 6.07) is 21.8. The first-order valence-electron chi connectivity index (χ1n) is 12.6. The monoisotopic (exact) mass is 506 g/mol. The summed E-state index contributed by atoms with van der Waals surface area (Å²) in [5.41, 5.74) is 3.39. The predicted octanol–water partition coefficient (Wildman–Crippen LogP) is 6.06. The Balaban J connectivity index is 0.000000208.